The van der Waals surface area contributed by atoms with Crippen LogP contribution < -0.4 is 5.73 Å². The van der Waals surface area contributed by atoms with Gasteiger partial charge in [-0.25, -0.2) is 0 Å². The summed E-state index contributed by atoms with van der Waals surface area (Å²) in [5.74, 6) is 0. The highest BCUT2D eigenvalue weighted by molar-refractivity contribution is 9.10. The van der Waals surface area contributed by atoms with E-state index in [1.54, 1.807) is 0 Å². The minimum absolute atomic E-state index is 0.0519. The summed E-state index contributed by atoms with van der Waals surface area (Å²) in [6.45, 7) is 4.58. The van der Waals surface area contributed by atoms with E-state index in [1.807, 2.05) is 6.07 Å². The second-order valence-electron chi connectivity index (χ2n) is 6.63. The molecule has 1 nitrogen and oxygen atoms in total. The maximum absolute atomic E-state index is 6.41. The Morgan fingerprint density at radius 2 is 1.52 bits per heavy atom. The number of nitrogen functional groups attached to an aromatic ring is 1. The Labute approximate surface area is 145 Å². The maximum atomic E-state index is 6.41. The second kappa shape index (κ2) is 4.97. The Kier molecular flexibility index (Phi) is 3.14. The number of hydrogen-bond acceptors (Lipinski definition) is 1. The van der Waals surface area contributed by atoms with Gasteiger partial charge in [-0.05, 0) is 46.0 Å². The van der Waals surface area contributed by atoms with Gasteiger partial charge < -0.3 is 5.73 Å². The zero-order valence-electron chi connectivity index (χ0n) is 13.2. The van der Waals surface area contributed by atoms with Crippen LogP contribution in [0.3, 0.4) is 0 Å². The summed E-state index contributed by atoms with van der Waals surface area (Å²) in [7, 11) is 0. The first kappa shape index (κ1) is 14.5. The summed E-state index contributed by atoms with van der Waals surface area (Å²) in [4.78, 5) is 0. The molecule has 2 N–H and O–H groups in total. The molecule has 0 saturated carbocycles. The van der Waals surface area contributed by atoms with Crippen LogP contribution in [0.5, 0.6) is 0 Å². The number of halogens is 1. The monoisotopic (exact) mass is 363 g/mol. The van der Waals surface area contributed by atoms with Crippen LogP contribution in [-0.4, -0.2) is 0 Å². The average molecular weight is 364 g/mol. The van der Waals surface area contributed by atoms with Gasteiger partial charge in [0.1, 0.15) is 0 Å². The smallest absolute Gasteiger partial charge is 0.0397 e. The molecule has 0 saturated heterocycles. The molecule has 0 atom stereocenters. The van der Waals surface area contributed by atoms with Gasteiger partial charge in [-0.2, -0.15) is 0 Å². The highest BCUT2D eigenvalue weighted by Crippen LogP contribution is 2.53. The highest BCUT2D eigenvalue weighted by atomic mass is 79.9. The number of fused-ring (bicyclic) bond motifs is 3. The van der Waals surface area contributed by atoms with Gasteiger partial charge in [-0.3, -0.25) is 0 Å². The maximum Gasteiger partial charge on any atom is 0.0397 e. The van der Waals surface area contributed by atoms with Crippen molar-refractivity contribution >= 4 is 21.6 Å². The topological polar surface area (TPSA) is 26.0 Å². The van der Waals surface area contributed by atoms with Crippen LogP contribution >= 0.6 is 15.9 Å². The molecule has 0 radical (unpaired) electrons. The van der Waals surface area contributed by atoms with Gasteiger partial charge in [0.05, 0.1) is 0 Å². The Balaban J connectivity index is 2.07. The van der Waals surface area contributed by atoms with E-state index in [2.05, 4.69) is 84.4 Å². The van der Waals surface area contributed by atoms with E-state index in [4.69, 9.17) is 5.73 Å². The summed E-state index contributed by atoms with van der Waals surface area (Å²) in [6, 6.07) is 21.3. The second-order valence-corrected chi connectivity index (χ2v) is 7.55. The van der Waals surface area contributed by atoms with Crippen molar-refractivity contribution < 1.29 is 0 Å². The minimum Gasteiger partial charge on any atom is -0.398 e. The Hall–Kier alpha value is -2.06. The zero-order valence-corrected chi connectivity index (χ0v) is 14.8. The fourth-order valence-corrected chi connectivity index (χ4v) is 4.08. The van der Waals surface area contributed by atoms with Gasteiger partial charge >= 0.3 is 0 Å². The minimum atomic E-state index is -0.0519. The standard InChI is InChI=1S/C21H18BrN/c1-21(2)17-6-4-3-5-15(17)16-11-12-18(23)19(20(16)21)13-7-9-14(22)10-8-13/h3-12H,23H2,1-2H3. The van der Waals surface area contributed by atoms with Crippen LogP contribution in [0, 0.1) is 0 Å². The third-order valence-electron chi connectivity index (χ3n) is 4.89. The molecule has 0 aliphatic heterocycles. The van der Waals surface area contributed by atoms with Crippen molar-refractivity contribution in [3.8, 4) is 22.3 Å². The van der Waals surface area contributed by atoms with E-state index in [9.17, 15) is 0 Å². The van der Waals surface area contributed by atoms with Crippen molar-refractivity contribution in [3.63, 3.8) is 0 Å². The van der Waals surface area contributed by atoms with Gasteiger partial charge in [0.2, 0.25) is 0 Å². The largest absolute Gasteiger partial charge is 0.398 e. The predicted octanol–water partition coefficient (Wildman–Crippen LogP) is 6.00. The average Bonchev–Trinajstić information content (AvgIpc) is 2.77. The SMILES string of the molecule is CC1(C)c2ccccc2-c2ccc(N)c(-c3ccc(Br)cc3)c21. The zero-order chi connectivity index (χ0) is 16.2. The number of benzene rings is 3. The molecule has 23 heavy (non-hydrogen) atoms. The molecular weight excluding hydrogens is 346 g/mol. The lowest BCUT2D eigenvalue weighted by atomic mass is 9.78. The van der Waals surface area contributed by atoms with Crippen molar-refractivity contribution in [3.05, 3.63) is 76.3 Å². The molecule has 0 amide bonds. The molecule has 3 aromatic carbocycles. The fourth-order valence-electron chi connectivity index (χ4n) is 3.82. The summed E-state index contributed by atoms with van der Waals surface area (Å²) in [5, 5.41) is 0. The molecule has 0 fully saturated rings. The third kappa shape index (κ3) is 2.05. The lowest BCUT2D eigenvalue weighted by Gasteiger charge is -2.25. The van der Waals surface area contributed by atoms with Crippen molar-refractivity contribution in [2.75, 3.05) is 5.73 Å². The van der Waals surface area contributed by atoms with Crippen molar-refractivity contribution in [1.29, 1.82) is 0 Å². The molecular formula is C21H18BrN. The molecule has 0 aromatic heterocycles. The fraction of sp³-hybridized carbons (Fsp3) is 0.143. The van der Waals surface area contributed by atoms with Crippen LogP contribution in [0.25, 0.3) is 22.3 Å². The Morgan fingerprint density at radius 3 is 2.26 bits per heavy atom. The molecule has 1 aliphatic carbocycles. The molecule has 0 spiro atoms. The molecule has 114 valence electrons. The first-order chi connectivity index (χ1) is 11.0. The molecule has 0 unspecified atom stereocenters. The lowest BCUT2D eigenvalue weighted by molar-refractivity contribution is 0.662. The summed E-state index contributed by atoms with van der Waals surface area (Å²) in [5.41, 5.74) is 14.9. The van der Waals surface area contributed by atoms with Gasteiger partial charge in [0.15, 0.2) is 0 Å². The quantitative estimate of drug-likeness (QED) is 0.526. The van der Waals surface area contributed by atoms with E-state index in [1.165, 1.54) is 27.8 Å². The summed E-state index contributed by atoms with van der Waals surface area (Å²) >= 11 is 3.51. The molecule has 0 bridgehead atoms. The summed E-state index contributed by atoms with van der Waals surface area (Å²) < 4.78 is 1.08. The van der Waals surface area contributed by atoms with Crippen LogP contribution in [0.1, 0.15) is 25.0 Å². The van der Waals surface area contributed by atoms with Crippen molar-refractivity contribution in [2.24, 2.45) is 0 Å². The number of hydrogen-bond donors (Lipinski definition) is 1. The van der Waals surface area contributed by atoms with Crippen LogP contribution in [0.15, 0.2) is 65.1 Å². The van der Waals surface area contributed by atoms with E-state index in [0.717, 1.165) is 15.7 Å². The molecule has 2 heteroatoms. The van der Waals surface area contributed by atoms with Gasteiger partial charge in [-0.15, -0.1) is 0 Å². The summed E-state index contributed by atoms with van der Waals surface area (Å²) in [6.07, 6.45) is 0. The Bertz CT molecular complexity index is 908. The van der Waals surface area contributed by atoms with Gasteiger partial charge in [-0.1, -0.05) is 72.2 Å². The predicted molar refractivity (Wildman–Crippen MR) is 102 cm³/mol. The van der Waals surface area contributed by atoms with Gasteiger partial charge in [0.25, 0.3) is 0 Å². The van der Waals surface area contributed by atoms with Gasteiger partial charge in [0, 0.05) is 21.1 Å². The van der Waals surface area contributed by atoms with E-state index < -0.39 is 0 Å². The third-order valence-corrected chi connectivity index (χ3v) is 5.41. The molecule has 3 aromatic rings. The van der Waals surface area contributed by atoms with E-state index >= 15 is 0 Å². The van der Waals surface area contributed by atoms with Crippen molar-refractivity contribution in [2.45, 2.75) is 19.3 Å². The number of anilines is 1. The first-order valence-electron chi connectivity index (χ1n) is 7.79. The highest BCUT2D eigenvalue weighted by Gasteiger charge is 2.37. The molecule has 0 heterocycles. The number of rotatable bonds is 1. The van der Waals surface area contributed by atoms with Crippen molar-refractivity contribution in [1.82, 2.24) is 0 Å². The lowest BCUT2D eigenvalue weighted by Crippen LogP contribution is -2.17. The Morgan fingerprint density at radius 1 is 0.826 bits per heavy atom. The van der Waals surface area contributed by atoms with Crippen LogP contribution in [0.4, 0.5) is 5.69 Å². The van der Waals surface area contributed by atoms with Crippen LogP contribution in [-0.2, 0) is 5.41 Å². The normalized spacial score (nSPS) is 14.4. The first-order valence-corrected chi connectivity index (χ1v) is 8.58. The van der Waals surface area contributed by atoms with Crippen LogP contribution in [0.2, 0.25) is 0 Å². The molecule has 1 aliphatic rings. The van der Waals surface area contributed by atoms with E-state index in [0.29, 0.717) is 0 Å². The number of nitrogens with two attached hydrogens (primary N) is 1. The molecule has 4 rings (SSSR count). The van der Waals surface area contributed by atoms with E-state index in [-0.39, 0.29) is 5.41 Å².